The molecule has 4 unspecified atom stereocenters. The van der Waals surface area contributed by atoms with Gasteiger partial charge < -0.3 is 39.7 Å². The smallest absolute Gasteiger partial charge is 0.0292 e. The lowest BCUT2D eigenvalue weighted by molar-refractivity contribution is 0.221. The van der Waals surface area contributed by atoms with E-state index in [-0.39, 0.29) is 24.2 Å². The van der Waals surface area contributed by atoms with Gasteiger partial charge in [-0.1, -0.05) is 0 Å². The van der Waals surface area contributed by atoms with Crippen molar-refractivity contribution in [3.05, 3.63) is 0 Å². The third-order valence-corrected chi connectivity index (χ3v) is 3.15. The third-order valence-electron chi connectivity index (χ3n) is 3.15. The Hall–Kier alpha value is -0.320. The Morgan fingerprint density at radius 2 is 1.25 bits per heavy atom. The van der Waals surface area contributed by atoms with Gasteiger partial charge in [0.1, 0.15) is 0 Å². The summed E-state index contributed by atoms with van der Waals surface area (Å²) in [6.45, 7) is 6.40. The number of hydrogen-bond donors (Lipinski definition) is 7. The van der Waals surface area contributed by atoms with Crippen LogP contribution in [0.1, 0.15) is 6.92 Å². The summed E-state index contributed by atoms with van der Waals surface area (Å²) in [5.41, 5.74) is 34.3. The molecule has 0 radical (unpaired) electrons. The van der Waals surface area contributed by atoms with Crippen molar-refractivity contribution in [2.75, 3.05) is 45.8 Å². The van der Waals surface area contributed by atoms with Crippen LogP contribution < -0.4 is 39.7 Å². The van der Waals surface area contributed by atoms with E-state index in [1.807, 2.05) is 0 Å². The van der Waals surface area contributed by atoms with E-state index in [1.165, 1.54) is 0 Å². The molecule has 0 rings (SSSR count). The van der Waals surface area contributed by atoms with Gasteiger partial charge in [0.05, 0.1) is 0 Å². The SMILES string of the molecule is CC(CN(CC(N)CN)CC(N)CN)NCC(N)CN. The largest absolute Gasteiger partial charge is 0.329 e. The lowest BCUT2D eigenvalue weighted by atomic mass is 10.2. The minimum Gasteiger partial charge on any atom is -0.329 e. The van der Waals surface area contributed by atoms with Gasteiger partial charge in [-0.15, -0.1) is 0 Å². The van der Waals surface area contributed by atoms with Crippen molar-refractivity contribution in [1.82, 2.24) is 10.2 Å². The van der Waals surface area contributed by atoms with E-state index >= 15 is 0 Å². The van der Waals surface area contributed by atoms with E-state index in [0.717, 1.165) is 6.54 Å². The second-order valence-corrected chi connectivity index (χ2v) is 5.52. The average Bonchev–Trinajstić information content (AvgIpc) is 2.43. The van der Waals surface area contributed by atoms with E-state index in [4.69, 9.17) is 34.4 Å². The van der Waals surface area contributed by atoms with Crippen molar-refractivity contribution in [3.63, 3.8) is 0 Å². The Kier molecular flexibility index (Phi) is 11.2. The maximum atomic E-state index is 5.91. The van der Waals surface area contributed by atoms with Crippen molar-refractivity contribution < 1.29 is 0 Å². The molecule has 0 aromatic heterocycles. The number of rotatable bonds is 12. The molecule has 0 fully saturated rings. The van der Waals surface area contributed by atoms with Gasteiger partial charge in [-0.3, -0.25) is 4.90 Å². The first kappa shape index (κ1) is 19.7. The zero-order chi connectivity index (χ0) is 15.5. The van der Waals surface area contributed by atoms with E-state index < -0.39 is 0 Å². The quantitative estimate of drug-likeness (QED) is 0.191. The van der Waals surface area contributed by atoms with Crippen LogP contribution in [0.2, 0.25) is 0 Å². The van der Waals surface area contributed by atoms with E-state index in [1.54, 1.807) is 0 Å². The molecule has 0 aliphatic carbocycles. The first-order valence-corrected chi connectivity index (χ1v) is 7.25. The van der Waals surface area contributed by atoms with E-state index in [0.29, 0.717) is 39.3 Å². The maximum absolute atomic E-state index is 5.91. The van der Waals surface area contributed by atoms with Crippen molar-refractivity contribution >= 4 is 0 Å². The summed E-state index contributed by atoms with van der Waals surface area (Å²) in [6, 6.07) is 0.128. The molecule has 0 aliphatic heterocycles. The molecule has 8 nitrogen and oxygen atoms in total. The molecule has 0 amide bonds. The normalized spacial score (nSPS) is 18.0. The van der Waals surface area contributed by atoms with Gasteiger partial charge in [-0.2, -0.15) is 0 Å². The standard InChI is InChI=1S/C12H34N8/c1-9(19-5-10(16)2-13)6-20(7-11(17)3-14)8-12(18)4-15/h9-12,19H,2-8,13-18H2,1H3. The monoisotopic (exact) mass is 290 g/mol. The molecule has 8 heteroatoms. The fraction of sp³-hybridized carbons (Fsp3) is 1.00. The molecule has 0 spiro atoms. The first-order valence-electron chi connectivity index (χ1n) is 7.25. The van der Waals surface area contributed by atoms with Gasteiger partial charge in [0.15, 0.2) is 0 Å². The van der Waals surface area contributed by atoms with Crippen LogP contribution >= 0.6 is 0 Å². The van der Waals surface area contributed by atoms with E-state index in [9.17, 15) is 0 Å². The summed E-state index contributed by atoms with van der Waals surface area (Å²) in [6.07, 6.45) is 0. The van der Waals surface area contributed by atoms with Crippen LogP contribution in [0.3, 0.4) is 0 Å². The maximum Gasteiger partial charge on any atom is 0.0292 e. The van der Waals surface area contributed by atoms with Crippen LogP contribution in [-0.4, -0.2) is 74.9 Å². The Balaban J connectivity index is 4.24. The van der Waals surface area contributed by atoms with Crippen LogP contribution in [0, 0.1) is 0 Å². The highest BCUT2D eigenvalue weighted by Crippen LogP contribution is 1.96. The third kappa shape index (κ3) is 9.56. The lowest BCUT2D eigenvalue weighted by Crippen LogP contribution is -2.52. The van der Waals surface area contributed by atoms with Crippen LogP contribution in [0.5, 0.6) is 0 Å². The molecule has 0 aromatic carbocycles. The summed E-state index contributed by atoms with van der Waals surface area (Å²) < 4.78 is 0. The van der Waals surface area contributed by atoms with Gasteiger partial charge in [0, 0.05) is 70.0 Å². The van der Waals surface area contributed by atoms with Gasteiger partial charge in [0.25, 0.3) is 0 Å². The topological polar surface area (TPSA) is 171 Å². The molecule has 0 saturated carbocycles. The number of hydrogen-bond acceptors (Lipinski definition) is 8. The second kappa shape index (κ2) is 11.4. The molecule has 122 valence electrons. The number of nitrogens with two attached hydrogens (primary N) is 6. The first-order chi connectivity index (χ1) is 9.42. The molecular weight excluding hydrogens is 256 g/mol. The Morgan fingerprint density at radius 3 is 1.65 bits per heavy atom. The molecule has 0 aliphatic rings. The Morgan fingerprint density at radius 1 is 0.800 bits per heavy atom. The summed E-state index contributed by atoms with van der Waals surface area (Å²) in [5.74, 6) is 0. The van der Waals surface area contributed by atoms with Gasteiger partial charge in [-0.25, -0.2) is 0 Å². The van der Waals surface area contributed by atoms with Crippen molar-refractivity contribution in [1.29, 1.82) is 0 Å². The predicted octanol–water partition coefficient (Wildman–Crippen LogP) is -3.88. The summed E-state index contributed by atoms with van der Waals surface area (Å²) in [5, 5.41) is 3.36. The van der Waals surface area contributed by atoms with Crippen molar-refractivity contribution in [2.45, 2.75) is 31.1 Å². The van der Waals surface area contributed by atoms with Gasteiger partial charge in [-0.05, 0) is 6.92 Å². The molecule has 13 N–H and O–H groups in total. The average molecular weight is 290 g/mol. The highest BCUT2D eigenvalue weighted by atomic mass is 15.2. The zero-order valence-electron chi connectivity index (χ0n) is 12.7. The van der Waals surface area contributed by atoms with Crippen LogP contribution in [0.15, 0.2) is 0 Å². The number of nitrogens with one attached hydrogen (secondary N) is 1. The summed E-state index contributed by atoms with van der Waals surface area (Å²) in [7, 11) is 0. The molecule has 0 saturated heterocycles. The van der Waals surface area contributed by atoms with Crippen molar-refractivity contribution in [3.8, 4) is 0 Å². The highest BCUT2D eigenvalue weighted by molar-refractivity contribution is 4.78. The van der Waals surface area contributed by atoms with Gasteiger partial charge >= 0.3 is 0 Å². The Labute approximate surface area is 122 Å². The molecular formula is C12H34N8. The summed E-state index contributed by atoms with van der Waals surface area (Å²) in [4.78, 5) is 2.20. The second-order valence-electron chi connectivity index (χ2n) is 5.52. The number of nitrogens with zero attached hydrogens (tertiary/aromatic N) is 1. The minimum absolute atomic E-state index is 0.0245. The molecule has 20 heavy (non-hydrogen) atoms. The minimum atomic E-state index is -0.0570. The van der Waals surface area contributed by atoms with Crippen LogP contribution in [-0.2, 0) is 0 Å². The van der Waals surface area contributed by atoms with Crippen LogP contribution in [0.25, 0.3) is 0 Å². The molecule has 4 atom stereocenters. The summed E-state index contributed by atoms with van der Waals surface area (Å²) >= 11 is 0. The van der Waals surface area contributed by atoms with Crippen LogP contribution in [0.4, 0.5) is 0 Å². The molecule has 0 aromatic rings. The lowest BCUT2D eigenvalue weighted by Gasteiger charge is -2.30. The van der Waals surface area contributed by atoms with Crippen molar-refractivity contribution in [2.24, 2.45) is 34.4 Å². The fourth-order valence-corrected chi connectivity index (χ4v) is 1.92. The zero-order valence-corrected chi connectivity index (χ0v) is 12.7. The van der Waals surface area contributed by atoms with Gasteiger partial charge in [0.2, 0.25) is 0 Å². The molecule has 0 heterocycles. The Bertz CT molecular complexity index is 216. The molecule has 0 bridgehead atoms. The van der Waals surface area contributed by atoms with E-state index in [2.05, 4.69) is 17.1 Å². The highest BCUT2D eigenvalue weighted by Gasteiger charge is 2.16. The fourth-order valence-electron chi connectivity index (χ4n) is 1.92. The predicted molar refractivity (Wildman–Crippen MR) is 85.0 cm³/mol.